The molecule has 0 saturated heterocycles. The van der Waals surface area contributed by atoms with Gasteiger partial charge in [0.05, 0.1) is 10.6 Å². The van der Waals surface area contributed by atoms with Crippen LogP contribution in [0.15, 0.2) is 34.8 Å². The summed E-state index contributed by atoms with van der Waals surface area (Å²) < 4.78 is 14.1. The second-order valence-electron chi connectivity index (χ2n) is 3.58. The zero-order chi connectivity index (χ0) is 14.0. The van der Waals surface area contributed by atoms with Crippen molar-refractivity contribution in [2.45, 2.75) is 0 Å². The lowest BCUT2D eigenvalue weighted by molar-refractivity contribution is -0.384. The van der Waals surface area contributed by atoms with Gasteiger partial charge in [0, 0.05) is 10.5 Å². The summed E-state index contributed by atoms with van der Waals surface area (Å²) in [5.74, 6) is -0.496. The van der Waals surface area contributed by atoms with Crippen LogP contribution < -0.4 is 11.1 Å². The standard InChI is InChI=1S/C11H8BrFN4O2/c12-6-2-1-3-7(13)10(6)15-9-5-4-8(17(18)19)11(14)16-9/h1-5H,(H3,14,15,16). The van der Waals surface area contributed by atoms with Gasteiger partial charge in [0.15, 0.2) is 0 Å². The quantitative estimate of drug-likeness (QED) is 0.667. The number of benzene rings is 1. The van der Waals surface area contributed by atoms with Crippen molar-refractivity contribution >= 4 is 38.9 Å². The highest BCUT2D eigenvalue weighted by Crippen LogP contribution is 2.29. The monoisotopic (exact) mass is 326 g/mol. The lowest BCUT2D eigenvalue weighted by Crippen LogP contribution is -2.02. The van der Waals surface area contributed by atoms with Gasteiger partial charge in [-0.05, 0) is 34.1 Å². The molecule has 0 aliphatic carbocycles. The first-order valence-corrected chi connectivity index (χ1v) is 5.90. The number of rotatable bonds is 3. The van der Waals surface area contributed by atoms with Crippen molar-refractivity contribution in [1.29, 1.82) is 0 Å². The van der Waals surface area contributed by atoms with E-state index < -0.39 is 10.7 Å². The van der Waals surface area contributed by atoms with E-state index in [1.165, 1.54) is 18.2 Å². The molecule has 2 aromatic rings. The van der Waals surface area contributed by atoms with Crippen LogP contribution in [0.3, 0.4) is 0 Å². The predicted molar refractivity (Wildman–Crippen MR) is 72.7 cm³/mol. The number of nitrogens with zero attached hydrogens (tertiary/aromatic N) is 2. The molecule has 8 heteroatoms. The van der Waals surface area contributed by atoms with Gasteiger partial charge in [-0.15, -0.1) is 0 Å². The maximum absolute atomic E-state index is 13.6. The van der Waals surface area contributed by atoms with E-state index in [1.54, 1.807) is 12.1 Å². The highest BCUT2D eigenvalue weighted by Gasteiger charge is 2.14. The first kappa shape index (κ1) is 13.2. The fraction of sp³-hybridized carbons (Fsp3) is 0. The number of anilines is 3. The molecule has 0 saturated carbocycles. The van der Waals surface area contributed by atoms with E-state index in [2.05, 4.69) is 26.2 Å². The average Bonchev–Trinajstić information content (AvgIpc) is 2.33. The van der Waals surface area contributed by atoms with Gasteiger partial charge in [0.25, 0.3) is 0 Å². The molecule has 2 rings (SSSR count). The SMILES string of the molecule is Nc1nc(Nc2c(F)cccc2Br)ccc1[N+](=O)[O-]. The van der Waals surface area contributed by atoms with Crippen molar-refractivity contribution in [3.8, 4) is 0 Å². The maximum Gasteiger partial charge on any atom is 0.311 e. The summed E-state index contributed by atoms with van der Waals surface area (Å²) in [7, 11) is 0. The highest BCUT2D eigenvalue weighted by molar-refractivity contribution is 9.10. The molecule has 0 aliphatic heterocycles. The summed E-state index contributed by atoms with van der Waals surface area (Å²) in [5.41, 5.74) is 5.34. The Hall–Kier alpha value is -2.22. The molecule has 0 unspecified atom stereocenters. The van der Waals surface area contributed by atoms with Crippen molar-refractivity contribution in [1.82, 2.24) is 4.98 Å². The minimum Gasteiger partial charge on any atom is -0.378 e. The molecule has 98 valence electrons. The normalized spacial score (nSPS) is 10.2. The van der Waals surface area contributed by atoms with Crippen LogP contribution in [0.25, 0.3) is 0 Å². The Balaban J connectivity index is 2.34. The Morgan fingerprint density at radius 3 is 2.68 bits per heavy atom. The lowest BCUT2D eigenvalue weighted by atomic mass is 10.3. The average molecular weight is 327 g/mol. The first-order valence-electron chi connectivity index (χ1n) is 5.11. The molecule has 0 fully saturated rings. The molecule has 6 nitrogen and oxygen atoms in total. The van der Waals surface area contributed by atoms with Crippen LogP contribution in [-0.2, 0) is 0 Å². The molecule has 19 heavy (non-hydrogen) atoms. The van der Waals surface area contributed by atoms with Gasteiger partial charge in [0.2, 0.25) is 5.82 Å². The molecule has 1 heterocycles. The largest absolute Gasteiger partial charge is 0.378 e. The second kappa shape index (κ2) is 5.19. The third-order valence-corrected chi connectivity index (χ3v) is 2.98. The Kier molecular flexibility index (Phi) is 3.61. The third-order valence-electron chi connectivity index (χ3n) is 2.31. The van der Waals surface area contributed by atoms with Crippen LogP contribution >= 0.6 is 15.9 Å². The van der Waals surface area contributed by atoms with Crippen LogP contribution in [0.5, 0.6) is 0 Å². The van der Waals surface area contributed by atoms with Gasteiger partial charge in [-0.3, -0.25) is 10.1 Å². The molecule has 0 amide bonds. The highest BCUT2D eigenvalue weighted by atomic mass is 79.9. The van der Waals surface area contributed by atoms with E-state index in [1.807, 2.05) is 0 Å². The van der Waals surface area contributed by atoms with Gasteiger partial charge in [-0.25, -0.2) is 9.37 Å². The zero-order valence-electron chi connectivity index (χ0n) is 9.43. The van der Waals surface area contributed by atoms with Crippen LogP contribution in [0, 0.1) is 15.9 Å². The number of nitrogen functional groups attached to an aromatic ring is 1. The van der Waals surface area contributed by atoms with Crippen molar-refractivity contribution in [3.05, 3.63) is 50.7 Å². The van der Waals surface area contributed by atoms with Gasteiger partial charge in [-0.1, -0.05) is 6.07 Å². The Labute approximate surface area is 115 Å². The number of halogens is 2. The molecule has 0 atom stereocenters. The fourth-order valence-corrected chi connectivity index (χ4v) is 1.88. The second-order valence-corrected chi connectivity index (χ2v) is 4.43. The summed E-state index contributed by atoms with van der Waals surface area (Å²) in [6, 6.07) is 7.04. The summed E-state index contributed by atoms with van der Waals surface area (Å²) >= 11 is 3.19. The summed E-state index contributed by atoms with van der Waals surface area (Å²) in [6.45, 7) is 0. The minimum absolute atomic E-state index is 0.184. The van der Waals surface area contributed by atoms with Gasteiger partial charge in [0.1, 0.15) is 11.6 Å². The molecule has 0 bridgehead atoms. The van der Waals surface area contributed by atoms with E-state index in [4.69, 9.17) is 5.73 Å². The third kappa shape index (κ3) is 2.79. The first-order chi connectivity index (χ1) is 8.99. The number of pyridine rings is 1. The van der Waals surface area contributed by atoms with Gasteiger partial charge < -0.3 is 11.1 Å². The Morgan fingerprint density at radius 2 is 2.11 bits per heavy atom. The molecule has 1 aromatic heterocycles. The Morgan fingerprint density at radius 1 is 1.37 bits per heavy atom. The molecule has 0 spiro atoms. The fourth-order valence-electron chi connectivity index (χ4n) is 1.44. The number of hydrogen-bond donors (Lipinski definition) is 2. The van der Waals surface area contributed by atoms with Gasteiger partial charge >= 0.3 is 5.69 Å². The number of aromatic nitrogens is 1. The van der Waals surface area contributed by atoms with Crippen molar-refractivity contribution in [2.75, 3.05) is 11.1 Å². The topological polar surface area (TPSA) is 94.1 Å². The predicted octanol–water partition coefficient (Wildman–Crippen LogP) is 3.22. The van der Waals surface area contributed by atoms with E-state index in [9.17, 15) is 14.5 Å². The number of para-hydroxylation sites is 1. The summed E-state index contributed by atoms with van der Waals surface area (Å²) in [6.07, 6.45) is 0. The zero-order valence-corrected chi connectivity index (χ0v) is 11.0. The number of nitrogens with one attached hydrogen (secondary N) is 1. The van der Waals surface area contributed by atoms with Crippen LogP contribution in [-0.4, -0.2) is 9.91 Å². The molecule has 1 aromatic carbocycles. The van der Waals surface area contributed by atoms with Crippen molar-refractivity contribution in [3.63, 3.8) is 0 Å². The number of nitrogens with two attached hydrogens (primary N) is 1. The molecular weight excluding hydrogens is 319 g/mol. The molecule has 0 radical (unpaired) electrons. The lowest BCUT2D eigenvalue weighted by Gasteiger charge is -2.09. The van der Waals surface area contributed by atoms with Crippen LogP contribution in [0.2, 0.25) is 0 Å². The molecule has 3 N–H and O–H groups in total. The van der Waals surface area contributed by atoms with Crippen molar-refractivity contribution in [2.24, 2.45) is 0 Å². The van der Waals surface area contributed by atoms with E-state index >= 15 is 0 Å². The summed E-state index contributed by atoms with van der Waals surface area (Å²) in [5, 5.41) is 13.3. The minimum atomic E-state index is -0.634. The maximum atomic E-state index is 13.6. The van der Waals surface area contributed by atoms with Crippen molar-refractivity contribution < 1.29 is 9.31 Å². The van der Waals surface area contributed by atoms with E-state index in [-0.39, 0.29) is 23.0 Å². The summed E-state index contributed by atoms with van der Waals surface area (Å²) in [4.78, 5) is 13.8. The number of nitro groups is 1. The molecular formula is C11H8BrFN4O2. The van der Waals surface area contributed by atoms with Crippen LogP contribution in [0.4, 0.5) is 27.4 Å². The van der Waals surface area contributed by atoms with Crippen LogP contribution in [0.1, 0.15) is 0 Å². The Bertz CT molecular complexity index is 630. The van der Waals surface area contributed by atoms with E-state index in [0.29, 0.717) is 4.47 Å². The van der Waals surface area contributed by atoms with Gasteiger partial charge in [-0.2, -0.15) is 0 Å². The smallest absolute Gasteiger partial charge is 0.311 e. The molecule has 0 aliphatic rings. The van der Waals surface area contributed by atoms with E-state index in [0.717, 1.165) is 0 Å². The number of hydrogen-bond acceptors (Lipinski definition) is 5.